The Bertz CT molecular complexity index is 368. The van der Waals surface area contributed by atoms with Crippen LogP contribution in [0.4, 0.5) is 0 Å². The first-order valence-electron chi connectivity index (χ1n) is 7.86. The molecule has 0 saturated heterocycles. The molecule has 0 radical (unpaired) electrons. The van der Waals surface area contributed by atoms with Crippen molar-refractivity contribution in [3.8, 4) is 5.75 Å². The minimum atomic E-state index is 0.419. The summed E-state index contributed by atoms with van der Waals surface area (Å²) < 4.78 is 5.64. The number of ether oxygens (including phenoxy) is 1. The zero-order valence-electron chi connectivity index (χ0n) is 13.9. The van der Waals surface area contributed by atoms with Gasteiger partial charge in [-0.15, -0.1) is 0 Å². The van der Waals surface area contributed by atoms with Crippen LogP contribution in [-0.2, 0) is 0 Å². The van der Waals surface area contributed by atoms with Crippen LogP contribution >= 0.6 is 11.8 Å². The summed E-state index contributed by atoms with van der Waals surface area (Å²) in [7, 11) is 4.24. The fourth-order valence-electron chi connectivity index (χ4n) is 1.98. The number of nitrogens with one attached hydrogen (secondary N) is 1. The Morgan fingerprint density at radius 2 is 1.90 bits per heavy atom. The average Bonchev–Trinajstić information content (AvgIpc) is 2.48. The van der Waals surface area contributed by atoms with E-state index in [9.17, 15) is 0 Å². The van der Waals surface area contributed by atoms with E-state index in [-0.39, 0.29) is 0 Å². The van der Waals surface area contributed by atoms with Gasteiger partial charge < -0.3 is 15.0 Å². The van der Waals surface area contributed by atoms with Gasteiger partial charge in [-0.2, -0.15) is 11.8 Å². The van der Waals surface area contributed by atoms with Crippen LogP contribution in [0.1, 0.15) is 31.9 Å². The third kappa shape index (κ3) is 7.74. The van der Waals surface area contributed by atoms with Gasteiger partial charge in [0.25, 0.3) is 0 Å². The highest BCUT2D eigenvalue weighted by Gasteiger charge is 2.10. The maximum absolute atomic E-state index is 5.64. The molecule has 0 amide bonds. The Balaban J connectivity index is 2.50. The standard InChI is InChI=1S/C17H30N2OS/c1-5-12-20-16-9-7-15(8-10-16)17(18-6-2)14-21-13-11-19(3)4/h7-10,17-18H,5-6,11-14H2,1-4H3. The molecule has 0 saturated carbocycles. The smallest absolute Gasteiger partial charge is 0.119 e. The van der Waals surface area contributed by atoms with Gasteiger partial charge in [-0.25, -0.2) is 0 Å². The molecule has 120 valence electrons. The Morgan fingerprint density at radius 3 is 2.48 bits per heavy atom. The molecule has 0 fully saturated rings. The average molecular weight is 311 g/mol. The molecule has 21 heavy (non-hydrogen) atoms. The molecule has 0 aliphatic carbocycles. The third-order valence-electron chi connectivity index (χ3n) is 3.17. The van der Waals surface area contributed by atoms with Crippen LogP contribution in [0, 0.1) is 0 Å². The van der Waals surface area contributed by atoms with Crippen molar-refractivity contribution in [3.63, 3.8) is 0 Å². The van der Waals surface area contributed by atoms with Crippen LogP contribution in [0.25, 0.3) is 0 Å². The van der Waals surface area contributed by atoms with Gasteiger partial charge in [0.2, 0.25) is 0 Å². The molecule has 0 spiro atoms. The van der Waals surface area contributed by atoms with Crippen molar-refractivity contribution < 1.29 is 4.74 Å². The van der Waals surface area contributed by atoms with Crippen molar-refractivity contribution >= 4 is 11.8 Å². The van der Waals surface area contributed by atoms with Crippen LogP contribution in [0.2, 0.25) is 0 Å². The molecule has 0 aromatic heterocycles. The van der Waals surface area contributed by atoms with Gasteiger partial charge in [-0.1, -0.05) is 26.0 Å². The molecule has 0 aliphatic heterocycles. The van der Waals surface area contributed by atoms with E-state index in [0.29, 0.717) is 6.04 Å². The molecule has 0 aliphatic rings. The van der Waals surface area contributed by atoms with Gasteiger partial charge in [-0.3, -0.25) is 0 Å². The van der Waals surface area contributed by atoms with Gasteiger partial charge in [0, 0.05) is 24.1 Å². The summed E-state index contributed by atoms with van der Waals surface area (Å²) in [5.74, 6) is 3.25. The number of benzene rings is 1. The first-order valence-corrected chi connectivity index (χ1v) is 9.01. The maximum Gasteiger partial charge on any atom is 0.119 e. The molecule has 3 nitrogen and oxygen atoms in total. The third-order valence-corrected chi connectivity index (χ3v) is 4.21. The van der Waals surface area contributed by atoms with Gasteiger partial charge in [0.15, 0.2) is 0 Å². The van der Waals surface area contributed by atoms with Gasteiger partial charge in [-0.05, 0) is 44.8 Å². The zero-order valence-corrected chi connectivity index (χ0v) is 14.7. The SMILES string of the molecule is CCCOc1ccc(C(CSCCN(C)C)NCC)cc1. The van der Waals surface area contributed by atoms with Crippen molar-refractivity contribution in [1.29, 1.82) is 0 Å². The fourth-order valence-corrected chi connectivity index (χ4v) is 3.19. The Labute approximate surface area is 134 Å². The van der Waals surface area contributed by atoms with E-state index in [4.69, 9.17) is 4.74 Å². The zero-order chi connectivity index (χ0) is 15.5. The highest BCUT2D eigenvalue weighted by atomic mass is 32.2. The second-order valence-electron chi connectivity index (χ2n) is 5.41. The topological polar surface area (TPSA) is 24.5 Å². The first-order chi connectivity index (χ1) is 10.2. The van der Waals surface area contributed by atoms with E-state index >= 15 is 0 Å². The Hall–Kier alpha value is -0.710. The van der Waals surface area contributed by atoms with E-state index in [2.05, 4.69) is 62.4 Å². The molecule has 0 bridgehead atoms. The number of hydrogen-bond acceptors (Lipinski definition) is 4. The van der Waals surface area contributed by atoms with Crippen molar-refractivity contribution in [2.45, 2.75) is 26.3 Å². The minimum absolute atomic E-state index is 0.419. The molecule has 1 N–H and O–H groups in total. The summed E-state index contributed by atoms with van der Waals surface area (Å²) in [5, 5.41) is 3.57. The quantitative estimate of drug-likeness (QED) is 0.633. The van der Waals surface area contributed by atoms with Crippen molar-refractivity contribution in [3.05, 3.63) is 29.8 Å². The molecule has 1 aromatic carbocycles. The molecule has 0 heterocycles. The van der Waals surface area contributed by atoms with Crippen LogP contribution in [0.5, 0.6) is 5.75 Å². The number of hydrogen-bond donors (Lipinski definition) is 1. The number of rotatable bonds is 11. The number of nitrogens with zero attached hydrogens (tertiary/aromatic N) is 1. The Morgan fingerprint density at radius 1 is 1.19 bits per heavy atom. The van der Waals surface area contributed by atoms with E-state index < -0.39 is 0 Å². The predicted octanol–water partition coefficient (Wildman–Crippen LogP) is 3.42. The highest BCUT2D eigenvalue weighted by molar-refractivity contribution is 7.99. The lowest BCUT2D eigenvalue weighted by molar-refractivity contribution is 0.317. The van der Waals surface area contributed by atoms with Crippen molar-refractivity contribution in [2.24, 2.45) is 0 Å². The first kappa shape index (κ1) is 18.3. The van der Waals surface area contributed by atoms with Crippen molar-refractivity contribution in [2.75, 3.05) is 45.3 Å². The molecule has 1 aromatic rings. The van der Waals surface area contributed by atoms with Gasteiger partial charge >= 0.3 is 0 Å². The van der Waals surface area contributed by atoms with E-state index in [1.807, 2.05) is 11.8 Å². The van der Waals surface area contributed by atoms with E-state index in [1.165, 1.54) is 11.3 Å². The lowest BCUT2D eigenvalue weighted by atomic mass is 10.1. The van der Waals surface area contributed by atoms with Gasteiger partial charge in [0.1, 0.15) is 5.75 Å². The van der Waals surface area contributed by atoms with E-state index in [0.717, 1.165) is 37.6 Å². The summed E-state index contributed by atoms with van der Waals surface area (Å²) >= 11 is 2.01. The molecular formula is C17H30N2OS. The fraction of sp³-hybridized carbons (Fsp3) is 0.647. The van der Waals surface area contributed by atoms with Crippen LogP contribution < -0.4 is 10.1 Å². The molecule has 4 heteroatoms. The molecule has 1 atom stereocenters. The largest absolute Gasteiger partial charge is 0.494 e. The summed E-state index contributed by atoms with van der Waals surface area (Å²) in [4.78, 5) is 2.23. The summed E-state index contributed by atoms with van der Waals surface area (Å²) in [6, 6.07) is 8.96. The van der Waals surface area contributed by atoms with Crippen LogP contribution in [0.3, 0.4) is 0 Å². The minimum Gasteiger partial charge on any atom is -0.494 e. The Kier molecular flexibility index (Phi) is 9.55. The predicted molar refractivity (Wildman–Crippen MR) is 94.5 cm³/mol. The second-order valence-corrected chi connectivity index (χ2v) is 6.56. The van der Waals surface area contributed by atoms with E-state index in [1.54, 1.807) is 0 Å². The highest BCUT2D eigenvalue weighted by Crippen LogP contribution is 2.21. The molecular weight excluding hydrogens is 280 g/mol. The lowest BCUT2D eigenvalue weighted by Crippen LogP contribution is -2.24. The monoisotopic (exact) mass is 310 g/mol. The molecule has 1 unspecified atom stereocenters. The normalized spacial score (nSPS) is 12.6. The van der Waals surface area contributed by atoms with Crippen molar-refractivity contribution in [1.82, 2.24) is 10.2 Å². The summed E-state index contributed by atoms with van der Waals surface area (Å²) in [6.07, 6.45) is 1.05. The summed E-state index contributed by atoms with van der Waals surface area (Å²) in [6.45, 7) is 7.20. The summed E-state index contributed by atoms with van der Waals surface area (Å²) in [5.41, 5.74) is 1.35. The van der Waals surface area contributed by atoms with Crippen LogP contribution in [-0.4, -0.2) is 50.2 Å². The second kappa shape index (κ2) is 10.9. The number of thioether (sulfide) groups is 1. The maximum atomic E-state index is 5.64. The van der Waals surface area contributed by atoms with Gasteiger partial charge in [0.05, 0.1) is 6.61 Å². The van der Waals surface area contributed by atoms with Crippen LogP contribution in [0.15, 0.2) is 24.3 Å². The molecule has 1 rings (SSSR count). The lowest BCUT2D eigenvalue weighted by Gasteiger charge is -2.19.